The molecule has 0 heterocycles. The molecular formula is C9H6F3NO3S. The van der Waals surface area contributed by atoms with E-state index in [0.717, 1.165) is 24.3 Å². The molecule has 0 aliphatic carbocycles. The van der Waals surface area contributed by atoms with Crippen molar-refractivity contribution in [2.75, 3.05) is 5.75 Å². The van der Waals surface area contributed by atoms with E-state index in [1.54, 1.807) is 0 Å². The number of nitrogens with zero attached hydrogens (tertiary/aromatic N) is 1. The largest absolute Gasteiger partial charge is 0.573 e. The second kappa shape index (κ2) is 4.63. The van der Waals surface area contributed by atoms with Gasteiger partial charge in [-0.25, -0.2) is 8.42 Å². The molecule has 17 heavy (non-hydrogen) atoms. The molecule has 0 aliphatic rings. The van der Waals surface area contributed by atoms with Gasteiger partial charge in [-0.3, -0.25) is 0 Å². The van der Waals surface area contributed by atoms with E-state index in [2.05, 4.69) is 4.74 Å². The Morgan fingerprint density at radius 2 is 2.00 bits per heavy atom. The minimum atomic E-state index is -4.89. The van der Waals surface area contributed by atoms with Crippen LogP contribution in [0.25, 0.3) is 0 Å². The van der Waals surface area contributed by atoms with Crippen LogP contribution in [0.1, 0.15) is 0 Å². The van der Waals surface area contributed by atoms with Crippen molar-refractivity contribution in [3.05, 3.63) is 24.3 Å². The van der Waals surface area contributed by atoms with Crippen LogP contribution in [-0.4, -0.2) is 20.5 Å². The molecule has 0 amide bonds. The van der Waals surface area contributed by atoms with Crippen molar-refractivity contribution in [2.24, 2.45) is 0 Å². The molecule has 0 unspecified atom stereocenters. The van der Waals surface area contributed by atoms with Gasteiger partial charge in [-0.05, 0) is 18.2 Å². The van der Waals surface area contributed by atoms with Crippen LogP contribution >= 0.6 is 0 Å². The van der Waals surface area contributed by atoms with Crippen LogP contribution in [0.4, 0.5) is 13.2 Å². The Bertz CT molecular complexity index is 545. The molecule has 0 N–H and O–H groups in total. The van der Waals surface area contributed by atoms with Crippen molar-refractivity contribution in [1.82, 2.24) is 0 Å². The van der Waals surface area contributed by atoms with Crippen LogP contribution in [0.3, 0.4) is 0 Å². The molecular weight excluding hydrogens is 259 g/mol. The fourth-order valence-electron chi connectivity index (χ4n) is 1.03. The zero-order valence-electron chi connectivity index (χ0n) is 8.23. The summed E-state index contributed by atoms with van der Waals surface area (Å²) in [6.07, 6.45) is -4.89. The third kappa shape index (κ3) is 3.96. The topological polar surface area (TPSA) is 67.2 Å². The minimum Gasteiger partial charge on any atom is -0.406 e. The SMILES string of the molecule is N#CCS(=O)(=O)c1cccc(OC(F)(F)F)c1. The first-order valence-electron chi connectivity index (χ1n) is 4.20. The number of ether oxygens (including phenoxy) is 1. The summed E-state index contributed by atoms with van der Waals surface area (Å²) in [6, 6.07) is 5.31. The highest BCUT2D eigenvalue weighted by atomic mass is 32.2. The Labute approximate surface area is 95.2 Å². The highest BCUT2D eigenvalue weighted by Gasteiger charge is 2.31. The van der Waals surface area contributed by atoms with Gasteiger partial charge in [0.2, 0.25) is 0 Å². The van der Waals surface area contributed by atoms with Gasteiger partial charge in [-0.1, -0.05) is 6.07 Å². The van der Waals surface area contributed by atoms with Gasteiger partial charge in [0.25, 0.3) is 0 Å². The molecule has 0 radical (unpaired) electrons. The normalized spacial score (nSPS) is 11.9. The van der Waals surface area contributed by atoms with Crippen LogP contribution in [0.15, 0.2) is 29.2 Å². The lowest BCUT2D eigenvalue weighted by atomic mass is 10.3. The first kappa shape index (κ1) is 13.3. The van der Waals surface area contributed by atoms with Crippen LogP contribution in [0.5, 0.6) is 5.75 Å². The predicted octanol–water partition coefficient (Wildman–Crippen LogP) is 1.88. The van der Waals surface area contributed by atoms with Gasteiger partial charge in [0, 0.05) is 0 Å². The molecule has 4 nitrogen and oxygen atoms in total. The van der Waals surface area contributed by atoms with Crippen LogP contribution in [0.2, 0.25) is 0 Å². The fourth-order valence-corrected chi connectivity index (χ4v) is 1.95. The molecule has 0 aliphatic heterocycles. The van der Waals surface area contributed by atoms with Crippen molar-refractivity contribution in [1.29, 1.82) is 5.26 Å². The molecule has 0 aromatic heterocycles. The summed E-state index contributed by atoms with van der Waals surface area (Å²) in [5.74, 6) is -1.45. The van der Waals surface area contributed by atoms with Crippen molar-refractivity contribution in [3.8, 4) is 11.8 Å². The first-order chi connectivity index (χ1) is 7.74. The van der Waals surface area contributed by atoms with E-state index >= 15 is 0 Å². The van der Waals surface area contributed by atoms with Gasteiger partial charge >= 0.3 is 6.36 Å². The number of hydrogen-bond donors (Lipinski definition) is 0. The number of nitriles is 1. The van der Waals surface area contributed by atoms with E-state index in [4.69, 9.17) is 5.26 Å². The highest BCUT2D eigenvalue weighted by Crippen LogP contribution is 2.25. The highest BCUT2D eigenvalue weighted by molar-refractivity contribution is 7.91. The molecule has 0 saturated heterocycles. The molecule has 0 spiro atoms. The maximum Gasteiger partial charge on any atom is 0.573 e. The van der Waals surface area contributed by atoms with Crippen molar-refractivity contribution in [3.63, 3.8) is 0 Å². The van der Waals surface area contributed by atoms with E-state index in [0.29, 0.717) is 0 Å². The zero-order valence-corrected chi connectivity index (χ0v) is 9.05. The van der Waals surface area contributed by atoms with Gasteiger partial charge in [0.1, 0.15) is 11.5 Å². The summed E-state index contributed by atoms with van der Waals surface area (Å²) >= 11 is 0. The summed E-state index contributed by atoms with van der Waals surface area (Å²) in [5.41, 5.74) is 0. The Morgan fingerprint density at radius 1 is 1.35 bits per heavy atom. The summed E-state index contributed by atoms with van der Waals surface area (Å²) < 4.78 is 62.0. The first-order valence-corrected chi connectivity index (χ1v) is 5.85. The van der Waals surface area contributed by atoms with Gasteiger partial charge < -0.3 is 4.74 Å². The lowest BCUT2D eigenvalue weighted by Crippen LogP contribution is -2.17. The number of sulfone groups is 1. The van der Waals surface area contributed by atoms with Crippen LogP contribution in [-0.2, 0) is 9.84 Å². The van der Waals surface area contributed by atoms with Crippen molar-refractivity contribution >= 4 is 9.84 Å². The van der Waals surface area contributed by atoms with Gasteiger partial charge in [-0.15, -0.1) is 13.2 Å². The number of alkyl halides is 3. The molecule has 0 bridgehead atoms. The Kier molecular flexibility index (Phi) is 3.63. The number of benzene rings is 1. The smallest absolute Gasteiger partial charge is 0.406 e. The second-order valence-corrected chi connectivity index (χ2v) is 4.93. The molecule has 0 fully saturated rings. The molecule has 0 saturated carbocycles. The maximum atomic E-state index is 11.9. The average molecular weight is 265 g/mol. The summed E-state index contributed by atoms with van der Waals surface area (Å²) in [5, 5.41) is 8.28. The average Bonchev–Trinajstić information content (AvgIpc) is 2.15. The molecule has 8 heteroatoms. The maximum absolute atomic E-state index is 11.9. The quantitative estimate of drug-likeness (QED) is 0.836. The fraction of sp³-hybridized carbons (Fsp3) is 0.222. The molecule has 1 aromatic carbocycles. The summed E-state index contributed by atoms with van der Waals surface area (Å²) in [6.45, 7) is 0. The summed E-state index contributed by atoms with van der Waals surface area (Å²) in [7, 11) is -3.90. The number of rotatable bonds is 3. The minimum absolute atomic E-state index is 0.388. The molecule has 0 atom stereocenters. The van der Waals surface area contributed by atoms with Gasteiger partial charge in [-0.2, -0.15) is 5.26 Å². The van der Waals surface area contributed by atoms with Crippen LogP contribution < -0.4 is 4.74 Å². The summed E-state index contributed by atoms with van der Waals surface area (Å²) in [4.78, 5) is -0.388. The third-order valence-corrected chi connectivity index (χ3v) is 3.13. The Morgan fingerprint density at radius 3 is 2.53 bits per heavy atom. The van der Waals surface area contributed by atoms with E-state index in [1.165, 1.54) is 6.07 Å². The zero-order chi connectivity index (χ0) is 13.1. The molecule has 92 valence electrons. The number of halogens is 3. The van der Waals surface area contributed by atoms with Gasteiger partial charge in [0.05, 0.1) is 11.0 Å². The van der Waals surface area contributed by atoms with E-state index in [-0.39, 0.29) is 4.90 Å². The third-order valence-electron chi connectivity index (χ3n) is 1.65. The van der Waals surface area contributed by atoms with Gasteiger partial charge in [0.15, 0.2) is 9.84 Å². The van der Waals surface area contributed by atoms with E-state index in [9.17, 15) is 21.6 Å². The van der Waals surface area contributed by atoms with E-state index < -0.39 is 27.7 Å². The van der Waals surface area contributed by atoms with E-state index in [1.807, 2.05) is 0 Å². The lowest BCUT2D eigenvalue weighted by Gasteiger charge is -2.09. The Balaban J connectivity index is 3.07. The van der Waals surface area contributed by atoms with Crippen molar-refractivity contribution in [2.45, 2.75) is 11.3 Å². The molecule has 1 rings (SSSR count). The van der Waals surface area contributed by atoms with Crippen molar-refractivity contribution < 1.29 is 26.3 Å². The number of hydrogen-bond acceptors (Lipinski definition) is 4. The Hall–Kier alpha value is -1.75. The second-order valence-electron chi connectivity index (χ2n) is 2.94. The lowest BCUT2D eigenvalue weighted by molar-refractivity contribution is -0.274. The monoisotopic (exact) mass is 265 g/mol. The van der Waals surface area contributed by atoms with Crippen LogP contribution in [0, 0.1) is 11.3 Å². The molecule has 1 aromatic rings. The predicted molar refractivity (Wildman–Crippen MR) is 50.8 cm³/mol. The standard InChI is InChI=1S/C9H6F3NO3S/c10-9(11,12)16-7-2-1-3-8(6-7)17(14,15)5-4-13/h1-3,6H,5H2.